The number of aromatic nitrogens is 3. The number of carbonyl (C=O) groups excluding carboxylic acids is 1. The monoisotopic (exact) mass is 479 g/mol. The molecule has 0 bridgehead atoms. The van der Waals surface area contributed by atoms with Crippen LogP contribution in [0.3, 0.4) is 0 Å². The highest BCUT2D eigenvalue weighted by molar-refractivity contribution is 5.80. The van der Waals surface area contributed by atoms with E-state index >= 15 is 0 Å². The normalized spacial score (nSPS) is 23.1. The molecule has 3 aromatic rings. The first-order chi connectivity index (χ1) is 16.7. The zero-order valence-electron chi connectivity index (χ0n) is 21.1. The smallest absolute Gasteiger partial charge is 0.402 e. The number of H-pyrrole nitrogens is 1. The number of hydrogen-bond donors (Lipinski definition) is 2. The first-order valence-electron chi connectivity index (χ1n) is 11.9. The Labute approximate surface area is 205 Å². The first-order valence-corrected chi connectivity index (χ1v) is 11.9. The molecule has 0 saturated heterocycles. The van der Waals surface area contributed by atoms with Gasteiger partial charge in [0.05, 0.1) is 6.57 Å². The zero-order valence-corrected chi connectivity index (χ0v) is 21.1. The zero-order chi connectivity index (χ0) is 25.4. The lowest BCUT2D eigenvalue weighted by Crippen LogP contribution is -2.34. The Hall–Kier alpha value is -3.35. The molecule has 0 spiro atoms. The molecule has 186 valence electrons. The van der Waals surface area contributed by atoms with Gasteiger partial charge >= 0.3 is 6.09 Å². The molecule has 2 N–H and O–H groups in total. The molecule has 0 radical (unpaired) electrons. The molecule has 3 unspecified atom stereocenters. The van der Waals surface area contributed by atoms with Gasteiger partial charge in [-0.15, -0.1) is 0 Å². The van der Waals surface area contributed by atoms with Gasteiger partial charge in [-0.2, -0.15) is 0 Å². The topological polar surface area (TPSA) is 96.5 Å². The Morgan fingerprint density at radius 3 is 2.40 bits per heavy atom. The minimum absolute atomic E-state index is 0.0288. The second-order valence-corrected chi connectivity index (χ2v) is 10.2. The summed E-state index contributed by atoms with van der Waals surface area (Å²) >= 11 is 0. The van der Waals surface area contributed by atoms with Crippen LogP contribution < -0.4 is 4.74 Å². The summed E-state index contributed by atoms with van der Waals surface area (Å²) in [6, 6.07) is 7.86. The molecule has 2 aromatic heterocycles. The fraction of sp³-hybridized carbons (Fsp3) is 0.500. The molecule has 1 aromatic carbocycles. The lowest BCUT2D eigenvalue weighted by Gasteiger charge is -2.41. The highest BCUT2D eigenvalue weighted by atomic mass is 17.1. The summed E-state index contributed by atoms with van der Waals surface area (Å²) in [5.74, 6) is 1.61. The summed E-state index contributed by atoms with van der Waals surface area (Å²) in [5, 5.41) is 13.4. The molecule has 9 heteroatoms. The highest BCUT2D eigenvalue weighted by Gasteiger charge is 2.42. The number of amides is 1. The average Bonchev–Trinajstić information content (AvgIpc) is 3.34. The van der Waals surface area contributed by atoms with Crippen molar-refractivity contribution in [2.24, 2.45) is 23.7 Å². The number of rotatable bonds is 5. The van der Waals surface area contributed by atoms with E-state index in [1.165, 1.54) is 9.42 Å². The number of fused-ring (bicyclic) bond motifs is 1. The van der Waals surface area contributed by atoms with E-state index < -0.39 is 12.2 Å². The van der Waals surface area contributed by atoms with Crippen molar-refractivity contribution in [2.45, 2.75) is 46.6 Å². The summed E-state index contributed by atoms with van der Waals surface area (Å²) in [4.78, 5) is 27.4. The second kappa shape index (κ2) is 9.72. The average molecular weight is 480 g/mol. The number of carbonyl (C=O) groups is 1. The van der Waals surface area contributed by atoms with E-state index in [0.717, 1.165) is 24.0 Å². The number of aromatic amines is 1. The Bertz CT molecular complexity index is 1240. The largest absolute Gasteiger partial charge is 0.414 e. The van der Waals surface area contributed by atoms with Gasteiger partial charge in [0.1, 0.15) is 6.10 Å². The molecule has 0 aliphatic heterocycles. The summed E-state index contributed by atoms with van der Waals surface area (Å²) in [5.41, 5.74) is 2.88. The summed E-state index contributed by atoms with van der Waals surface area (Å²) in [7, 11) is 3.14. The first kappa shape index (κ1) is 24.8. The van der Waals surface area contributed by atoms with Crippen molar-refractivity contribution in [1.29, 1.82) is 0 Å². The molecule has 1 amide bonds. The molecular weight excluding hydrogens is 446 g/mol. The van der Waals surface area contributed by atoms with Crippen LogP contribution in [0.5, 0.6) is 5.88 Å². The summed E-state index contributed by atoms with van der Waals surface area (Å²) < 4.78 is 7.15. The lowest BCUT2D eigenvalue weighted by molar-refractivity contribution is -0.302. The fourth-order valence-corrected chi connectivity index (χ4v) is 5.63. The van der Waals surface area contributed by atoms with Crippen LogP contribution >= 0.6 is 0 Å². The molecule has 1 aliphatic rings. The third kappa shape index (κ3) is 4.51. The molecule has 1 saturated carbocycles. The number of aryl methyl sites for hydroxylation is 1. The van der Waals surface area contributed by atoms with Crippen molar-refractivity contribution in [3.63, 3.8) is 0 Å². The minimum atomic E-state index is -0.799. The van der Waals surface area contributed by atoms with Crippen molar-refractivity contribution >= 4 is 17.4 Å². The van der Waals surface area contributed by atoms with E-state index in [4.69, 9.17) is 21.2 Å². The van der Waals surface area contributed by atoms with Gasteiger partial charge in [0.25, 0.3) is 5.69 Å². The van der Waals surface area contributed by atoms with Crippen molar-refractivity contribution in [2.75, 3.05) is 14.1 Å². The van der Waals surface area contributed by atoms with Crippen LogP contribution in [0.25, 0.3) is 21.9 Å². The maximum absolute atomic E-state index is 12.5. The van der Waals surface area contributed by atoms with Crippen LogP contribution in [0.2, 0.25) is 0 Å². The predicted molar refractivity (Wildman–Crippen MR) is 132 cm³/mol. The van der Waals surface area contributed by atoms with Gasteiger partial charge in [-0.3, -0.25) is 10.4 Å². The molecule has 1 aliphatic carbocycles. The van der Waals surface area contributed by atoms with E-state index in [-0.39, 0.29) is 29.3 Å². The molecule has 1 fully saturated rings. The molecule has 2 heterocycles. The van der Waals surface area contributed by atoms with Gasteiger partial charge in [0.15, 0.2) is 11.5 Å². The maximum atomic E-state index is 12.5. The molecule has 9 nitrogen and oxygen atoms in total. The van der Waals surface area contributed by atoms with Gasteiger partial charge < -0.3 is 9.64 Å². The molecule has 3 atom stereocenters. The number of ether oxygens (including phenoxy) is 1. The molecule has 4 rings (SSSR count). The lowest BCUT2D eigenvalue weighted by atomic mass is 9.66. The van der Waals surface area contributed by atoms with Crippen LogP contribution in [0.15, 0.2) is 24.3 Å². The van der Waals surface area contributed by atoms with Gasteiger partial charge in [-0.25, -0.2) is 24.0 Å². The number of nitrogens with one attached hydrogen (secondary N) is 1. The van der Waals surface area contributed by atoms with Crippen LogP contribution in [0.4, 0.5) is 10.5 Å². The van der Waals surface area contributed by atoms with E-state index in [2.05, 4.69) is 30.7 Å². The fourth-order valence-electron chi connectivity index (χ4n) is 5.63. The molecule has 35 heavy (non-hydrogen) atoms. The summed E-state index contributed by atoms with van der Waals surface area (Å²) in [6.07, 6.45) is 0.572. The van der Waals surface area contributed by atoms with Gasteiger partial charge in [-0.05, 0) is 43.4 Å². The van der Waals surface area contributed by atoms with E-state index in [0.29, 0.717) is 23.0 Å². The maximum Gasteiger partial charge on any atom is 0.414 e. The highest BCUT2D eigenvalue weighted by Crippen LogP contribution is 2.51. The van der Waals surface area contributed by atoms with Crippen LogP contribution in [0, 0.1) is 37.2 Å². The van der Waals surface area contributed by atoms with Gasteiger partial charge in [0.2, 0.25) is 5.88 Å². The van der Waals surface area contributed by atoms with Gasteiger partial charge in [0, 0.05) is 25.2 Å². The minimum Gasteiger partial charge on any atom is -0.402 e. The Balaban J connectivity index is 1.92. The standard InChI is InChI=1S/C26H33N5O4/c1-14-8-10-18(11-9-14)23-28-24-20(22(35-33)19-16(3)12-15(2)13-17(19)4)21(27-5)25(31(24)29-23)34-26(32)30(6)7/h8-11,15-17,19,22,33H,12-13H2,1-4,6-7H3,(H,28,29). The Morgan fingerprint density at radius 2 is 1.86 bits per heavy atom. The van der Waals surface area contributed by atoms with E-state index in [9.17, 15) is 10.1 Å². The van der Waals surface area contributed by atoms with E-state index in [1.54, 1.807) is 14.1 Å². The summed E-state index contributed by atoms with van der Waals surface area (Å²) in [6.45, 7) is 16.5. The third-order valence-corrected chi connectivity index (χ3v) is 7.14. The number of nitrogens with zero attached hydrogens (tertiary/aromatic N) is 4. The Morgan fingerprint density at radius 1 is 1.23 bits per heavy atom. The van der Waals surface area contributed by atoms with Crippen LogP contribution in [-0.2, 0) is 4.89 Å². The predicted octanol–water partition coefficient (Wildman–Crippen LogP) is 6.10. The third-order valence-electron chi connectivity index (χ3n) is 7.14. The van der Waals surface area contributed by atoms with Crippen molar-refractivity contribution in [3.05, 3.63) is 46.8 Å². The van der Waals surface area contributed by atoms with Gasteiger partial charge in [-0.1, -0.05) is 50.6 Å². The quantitative estimate of drug-likeness (QED) is 0.262. The number of benzene rings is 1. The van der Waals surface area contributed by atoms with Crippen molar-refractivity contribution in [3.8, 4) is 17.3 Å². The van der Waals surface area contributed by atoms with E-state index in [1.807, 2.05) is 31.2 Å². The number of hydrogen-bond acceptors (Lipinski definition) is 5. The molecular formula is C26H33N5O4. The Kier molecular flexibility index (Phi) is 6.88. The van der Waals surface area contributed by atoms with Crippen LogP contribution in [0.1, 0.15) is 50.8 Å². The second-order valence-electron chi connectivity index (χ2n) is 10.2. The van der Waals surface area contributed by atoms with Crippen molar-refractivity contribution in [1.82, 2.24) is 19.5 Å². The van der Waals surface area contributed by atoms with Crippen LogP contribution in [-0.4, -0.2) is 44.9 Å². The SMILES string of the molecule is [C-]#[N+]c1c(C(OO)C2C(C)CC(C)CC2C)c2nc(-c3ccc(C)cc3)[nH]n2c1OC(=O)N(C)C. The van der Waals surface area contributed by atoms with Crippen molar-refractivity contribution < 1.29 is 19.7 Å².